The van der Waals surface area contributed by atoms with Crippen LogP contribution in [-0.4, -0.2) is 40.4 Å². The standard InChI is InChI=1S/C11H10N2O4S/c1-17-8(14)5-3-4-7-6-12-11(18-2)13-9(7)10(15)16/h6H,5H2,1-2H3,(H,15,16). The van der Waals surface area contributed by atoms with Gasteiger partial charge in [0.1, 0.15) is 6.42 Å². The van der Waals surface area contributed by atoms with Crippen molar-refractivity contribution in [1.82, 2.24) is 9.97 Å². The van der Waals surface area contributed by atoms with E-state index < -0.39 is 11.9 Å². The van der Waals surface area contributed by atoms with Crippen molar-refractivity contribution in [3.63, 3.8) is 0 Å². The molecule has 1 rings (SSSR count). The van der Waals surface area contributed by atoms with E-state index in [4.69, 9.17) is 5.11 Å². The van der Waals surface area contributed by atoms with Crippen molar-refractivity contribution in [3.8, 4) is 11.8 Å². The molecule has 0 unspecified atom stereocenters. The summed E-state index contributed by atoms with van der Waals surface area (Å²) in [4.78, 5) is 29.6. The quantitative estimate of drug-likeness (QED) is 0.375. The highest BCUT2D eigenvalue weighted by atomic mass is 32.2. The molecule has 0 amide bonds. The lowest BCUT2D eigenvalue weighted by atomic mass is 10.2. The first-order chi connectivity index (χ1) is 8.58. The van der Waals surface area contributed by atoms with Crippen LogP contribution in [0.2, 0.25) is 0 Å². The Bertz CT molecular complexity index is 534. The van der Waals surface area contributed by atoms with Gasteiger partial charge >= 0.3 is 11.9 Å². The lowest BCUT2D eigenvalue weighted by Gasteiger charge is -1.99. The van der Waals surface area contributed by atoms with Crippen LogP contribution in [0.25, 0.3) is 0 Å². The molecule has 0 fully saturated rings. The lowest BCUT2D eigenvalue weighted by Crippen LogP contribution is -2.06. The predicted molar refractivity (Wildman–Crippen MR) is 64.3 cm³/mol. The number of esters is 1. The number of carbonyl (C=O) groups excluding carboxylic acids is 1. The van der Waals surface area contributed by atoms with E-state index in [1.807, 2.05) is 0 Å². The average molecular weight is 266 g/mol. The Kier molecular flexibility index (Phi) is 5.14. The number of hydrogen-bond acceptors (Lipinski definition) is 6. The van der Waals surface area contributed by atoms with Gasteiger partial charge in [0.15, 0.2) is 10.9 Å². The predicted octanol–water partition coefficient (Wildman–Crippen LogP) is 0.811. The minimum absolute atomic E-state index is 0.111. The number of hydrogen-bond donors (Lipinski definition) is 1. The number of aromatic carboxylic acids is 1. The highest BCUT2D eigenvalue weighted by Crippen LogP contribution is 2.11. The molecule has 0 aliphatic carbocycles. The van der Waals surface area contributed by atoms with Crippen LogP contribution in [0.4, 0.5) is 0 Å². The largest absolute Gasteiger partial charge is 0.476 e. The minimum Gasteiger partial charge on any atom is -0.476 e. The summed E-state index contributed by atoms with van der Waals surface area (Å²) in [5.74, 6) is 3.39. The third-order valence-corrected chi connectivity index (χ3v) is 2.40. The van der Waals surface area contributed by atoms with Crippen molar-refractivity contribution < 1.29 is 19.4 Å². The zero-order chi connectivity index (χ0) is 13.5. The number of nitrogens with zero attached hydrogens (tertiary/aromatic N) is 2. The van der Waals surface area contributed by atoms with Crippen LogP contribution in [-0.2, 0) is 9.53 Å². The molecule has 6 nitrogen and oxygen atoms in total. The molecule has 0 aliphatic rings. The number of aromatic nitrogens is 2. The van der Waals surface area contributed by atoms with Crippen molar-refractivity contribution in [2.24, 2.45) is 0 Å². The topological polar surface area (TPSA) is 89.4 Å². The zero-order valence-corrected chi connectivity index (χ0v) is 10.6. The number of rotatable bonds is 3. The van der Waals surface area contributed by atoms with Crippen molar-refractivity contribution in [3.05, 3.63) is 17.5 Å². The number of thioether (sulfide) groups is 1. The highest BCUT2D eigenvalue weighted by molar-refractivity contribution is 7.98. The van der Waals surface area contributed by atoms with E-state index in [0.717, 1.165) is 0 Å². The van der Waals surface area contributed by atoms with Crippen LogP contribution < -0.4 is 0 Å². The number of ether oxygens (including phenoxy) is 1. The summed E-state index contributed by atoms with van der Waals surface area (Å²) in [5.41, 5.74) is -0.00378. The summed E-state index contributed by atoms with van der Waals surface area (Å²) >= 11 is 1.23. The minimum atomic E-state index is -1.19. The molecule has 7 heteroatoms. The van der Waals surface area contributed by atoms with Gasteiger partial charge in [-0.2, -0.15) is 0 Å². The van der Waals surface area contributed by atoms with Crippen molar-refractivity contribution in [2.75, 3.05) is 13.4 Å². The molecule has 0 bridgehead atoms. The molecular weight excluding hydrogens is 256 g/mol. The zero-order valence-electron chi connectivity index (χ0n) is 9.76. The van der Waals surface area contributed by atoms with Crippen LogP contribution >= 0.6 is 11.8 Å². The highest BCUT2D eigenvalue weighted by Gasteiger charge is 2.12. The Morgan fingerprint density at radius 2 is 2.28 bits per heavy atom. The Hall–Kier alpha value is -2.07. The second-order valence-corrected chi connectivity index (χ2v) is 3.75. The molecule has 1 aromatic heterocycles. The van der Waals surface area contributed by atoms with Crippen LogP contribution in [0.3, 0.4) is 0 Å². The SMILES string of the molecule is COC(=O)CC#Cc1cnc(SC)nc1C(=O)O. The summed E-state index contributed by atoms with van der Waals surface area (Å²) in [6, 6.07) is 0. The van der Waals surface area contributed by atoms with Gasteiger partial charge in [-0.3, -0.25) is 4.79 Å². The van der Waals surface area contributed by atoms with E-state index in [2.05, 4.69) is 26.5 Å². The fourth-order valence-electron chi connectivity index (χ4n) is 1.00. The normalized spacial score (nSPS) is 9.22. The van der Waals surface area contributed by atoms with Gasteiger partial charge in [-0.15, -0.1) is 0 Å². The number of methoxy groups -OCH3 is 1. The molecule has 1 heterocycles. The monoisotopic (exact) mass is 266 g/mol. The number of carboxylic acids is 1. The molecule has 0 aromatic carbocycles. The van der Waals surface area contributed by atoms with Crippen LogP contribution in [0, 0.1) is 11.8 Å². The molecule has 94 valence electrons. The fourth-order valence-corrected chi connectivity index (χ4v) is 1.34. The average Bonchev–Trinajstić information content (AvgIpc) is 2.38. The maximum absolute atomic E-state index is 11.0. The van der Waals surface area contributed by atoms with E-state index in [1.54, 1.807) is 6.26 Å². The van der Waals surface area contributed by atoms with E-state index in [9.17, 15) is 9.59 Å². The smallest absolute Gasteiger partial charge is 0.355 e. The fraction of sp³-hybridized carbons (Fsp3) is 0.273. The molecule has 0 spiro atoms. The van der Waals surface area contributed by atoms with Gasteiger partial charge in [0.05, 0.1) is 12.7 Å². The second kappa shape index (κ2) is 6.61. The van der Waals surface area contributed by atoms with E-state index in [0.29, 0.717) is 5.16 Å². The molecule has 1 aromatic rings. The van der Waals surface area contributed by atoms with Crippen LogP contribution in [0.15, 0.2) is 11.4 Å². The summed E-state index contributed by atoms with van der Waals surface area (Å²) < 4.78 is 4.41. The van der Waals surface area contributed by atoms with Crippen LogP contribution in [0.5, 0.6) is 0 Å². The first-order valence-corrected chi connectivity index (χ1v) is 6.01. The van der Waals surface area contributed by atoms with Gasteiger partial charge in [-0.1, -0.05) is 23.6 Å². The summed E-state index contributed by atoms with van der Waals surface area (Å²) in [7, 11) is 1.25. The first kappa shape index (κ1) is 14.0. The third kappa shape index (κ3) is 3.75. The lowest BCUT2D eigenvalue weighted by molar-refractivity contribution is -0.139. The van der Waals surface area contributed by atoms with Gasteiger partial charge in [0, 0.05) is 6.20 Å². The van der Waals surface area contributed by atoms with Crippen molar-refractivity contribution >= 4 is 23.7 Å². The molecule has 18 heavy (non-hydrogen) atoms. The van der Waals surface area contributed by atoms with Crippen molar-refractivity contribution in [2.45, 2.75) is 11.6 Å². The third-order valence-electron chi connectivity index (χ3n) is 1.84. The van der Waals surface area contributed by atoms with Gasteiger partial charge in [0.25, 0.3) is 0 Å². The number of carbonyl (C=O) groups is 2. The molecule has 1 N–H and O–H groups in total. The molecule has 0 aliphatic heterocycles. The maximum atomic E-state index is 11.0. The maximum Gasteiger partial charge on any atom is 0.355 e. The van der Waals surface area contributed by atoms with E-state index >= 15 is 0 Å². The Labute approximate surface area is 108 Å². The molecule has 0 atom stereocenters. The summed E-state index contributed by atoms with van der Waals surface area (Å²) in [5, 5.41) is 9.33. The molecule has 0 saturated heterocycles. The van der Waals surface area contributed by atoms with Gasteiger partial charge < -0.3 is 9.84 Å². The van der Waals surface area contributed by atoms with Crippen molar-refractivity contribution in [1.29, 1.82) is 0 Å². The van der Waals surface area contributed by atoms with Gasteiger partial charge in [-0.25, -0.2) is 14.8 Å². The Morgan fingerprint density at radius 1 is 1.56 bits per heavy atom. The Morgan fingerprint density at radius 3 is 2.83 bits per heavy atom. The Balaban J connectivity index is 3.01. The summed E-state index contributed by atoms with van der Waals surface area (Å²) in [6.07, 6.45) is 2.95. The van der Waals surface area contributed by atoms with E-state index in [1.165, 1.54) is 25.1 Å². The second-order valence-electron chi connectivity index (χ2n) is 2.98. The van der Waals surface area contributed by atoms with E-state index in [-0.39, 0.29) is 17.7 Å². The van der Waals surface area contributed by atoms with Gasteiger partial charge in [-0.05, 0) is 6.26 Å². The van der Waals surface area contributed by atoms with Crippen LogP contribution in [0.1, 0.15) is 22.5 Å². The van der Waals surface area contributed by atoms with Gasteiger partial charge in [0.2, 0.25) is 0 Å². The number of carboxylic acid groups (broad SMARTS) is 1. The first-order valence-electron chi connectivity index (χ1n) is 4.78. The molecule has 0 radical (unpaired) electrons. The molecule has 0 saturated carbocycles. The molecular formula is C11H10N2O4S. The summed E-state index contributed by atoms with van der Waals surface area (Å²) in [6.45, 7) is 0.